The Kier molecular flexibility index (Phi) is 4.48. The highest BCUT2D eigenvalue weighted by Gasteiger charge is 2.31. The summed E-state index contributed by atoms with van der Waals surface area (Å²) < 4.78 is 11.2. The van der Waals surface area contributed by atoms with Crippen molar-refractivity contribution in [2.24, 2.45) is 0 Å². The van der Waals surface area contributed by atoms with Crippen LogP contribution in [0.25, 0.3) is 0 Å². The molecule has 1 aliphatic rings. The van der Waals surface area contributed by atoms with Crippen molar-refractivity contribution in [2.75, 3.05) is 13.2 Å². The molecule has 1 aromatic carbocycles. The van der Waals surface area contributed by atoms with Crippen molar-refractivity contribution < 1.29 is 14.6 Å². The molecule has 0 aromatic heterocycles. The second kappa shape index (κ2) is 6.10. The van der Waals surface area contributed by atoms with Gasteiger partial charge in [-0.25, -0.2) is 0 Å². The zero-order valence-electron chi connectivity index (χ0n) is 11.0. The van der Waals surface area contributed by atoms with Crippen LogP contribution in [0.5, 0.6) is 11.5 Å². The molecule has 1 fully saturated rings. The Labute approximate surface area is 109 Å². The molecule has 0 atom stereocenters. The minimum atomic E-state index is -0.625. The Morgan fingerprint density at radius 3 is 2.50 bits per heavy atom. The summed E-state index contributed by atoms with van der Waals surface area (Å²) in [6, 6.07) is 7.62. The van der Waals surface area contributed by atoms with Gasteiger partial charge in [0.15, 0.2) is 0 Å². The maximum atomic E-state index is 10.2. The number of aliphatic hydroxyl groups is 1. The molecule has 0 heterocycles. The van der Waals surface area contributed by atoms with Gasteiger partial charge in [0.2, 0.25) is 0 Å². The van der Waals surface area contributed by atoms with E-state index in [1.165, 1.54) is 0 Å². The van der Waals surface area contributed by atoms with E-state index in [2.05, 4.69) is 6.92 Å². The summed E-state index contributed by atoms with van der Waals surface area (Å²) in [4.78, 5) is 0. The molecule has 0 spiro atoms. The van der Waals surface area contributed by atoms with Gasteiger partial charge >= 0.3 is 0 Å². The van der Waals surface area contributed by atoms with Crippen molar-refractivity contribution >= 4 is 0 Å². The normalized spacial score (nSPS) is 17.7. The molecule has 0 unspecified atom stereocenters. The zero-order chi connectivity index (χ0) is 12.8. The lowest BCUT2D eigenvalue weighted by molar-refractivity contribution is 0.00134. The molecule has 18 heavy (non-hydrogen) atoms. The first-order valence-corrected chi connectivity index (χ1v) is 6.80. The number of benzene rings is 1. The van der Waals surface area contributed by atoms with E-state index in [-0.39, 0.29) is 0 Å². The van der Waals surface area contributed by atoms with Crippen molar-refractivity contribution in [1.29, 1.82) is 0 Å². The van der Waals surface area contributed by atoms with Crippen LogP contribution in [0.3, 0.4) is 0 Å². The van der Waals surface area contributed by atoms with Crippen LogP contribution in [0, 0.1) is 0 Å². The smallest absolute Gasteiger partial charge is 0.123 e. The number of hydrogen-bond acceptors (Lipinski definition) is 3. The number of ether oxygens (including phenoxy) is 2. The van der Waals surface area contributed by atoms with E-state index >= 15 is 0 Å². The molecule has 3 heteroatoms. The van der Waals surface area contributed by atoms with Crippen molar-refractivity contribution in [1.82, 2.24) is 0 Å². The summed E-state index contributed by atoms with van der Waals surface area (Å²) in [6.07, 6.45) is 4.88. The minimum Gasteiger partial charge on any atom is -0.493 e. The van der Waals surface area contributed by atoms with Gasteiger partial charge in [-0.2, -0.15) is 0 Å². The summed E-state index contributed by atoms with van der Waals surface area (Å²) in [5, 5.41) is 10.2. The quantitative estimate of drug-likeness (QED) is 0.843. The number of hydrogen-bond donors (Lipinski definition) is 1. The summed E-state index contributed by atoms with van der Waals surface area (Å²) in [5.41, 5.74) is -0.625. The van der Waals surface area contributed by atoms with E-state index in [4.69, 9.17) is 9.47 Å². The van der Waals surface area contributed by atoms with Gasteiger partial charge in [-0.05, 0) is 31.4 Å². The summed E-state index contributed by atoms with van der Waals surface area (Å²) in [7, 11) is 0. The topological polar surface area (TPSA) is 38.7 Å². The van der Waals surface area contributed by atoms with Gasteiger partial charge in [0, 0.05) is 6.07 Å². The van der Waals surface area contributed by atoms with Crippen LogP contribution in [0.4, 0.5) is 0 Å². The van der Waals surface area contributed by atoms with Gasteiger partial charge in [-0.15, -0.1) is 0 Å². The Balaban J connectivity index is 1.88. The largest absolute Gasteiger partial charge is 0.493 e. The fraction of sp³-hybridized carbons (Fsp3) is 0.600. The van der Waals surface area contributed by atoms with Crippen LogP contribution in [0.15, 0.2) is 24.3 Å². The Morgan fingerprint density at radius 2 is 1.83 bits per heavy atom. The van der Waals surface area contributed by atoms with Crippen molar-refractivity contribution in [3.05, 3.63) is 24.3 Å². The lowest BCUT2D eigenvalue weighted by Crippen LogP contribution is -2.32. The molecule has 1 aromatic rings. The van der Waals surface area contributed by atoms with Gasteiger partial charge < -0.3 is 14.6 Å². The number of rotatable bonds is 6. The summed E-state index contributed by atoms with van der Waals surface area (Å²) >= 11 is 0. The first-order chi connectivity index (χ1) is 8.72. The van der Waals surface area contributed by atoms with E-state index < -0.39 is 5.60 Å². The molecular weight excluding hydrogens is 228 g/mol. The lowest BCUT2D eigenvalue weighted by atomic mass is 10.0. The average molecular weight is 250 g/mol. The molecule has 0 aliphatic heterocycles. The highest BCUT2D eigenvalue weighted by atomic mass is 16.5. The van der Waals surface area contributed by atoms with Gasteiger partial charge in [0.25, 0.3) is 0 Å². The maximum Gasteiger partial charge on any atom is 0.123 e. The fourth-order valence-electron chi connectivity index (χ4n) is 2.27. The molecule has 100 valence electrons. The third-order valence-electron chi connectivity index (χ3n) is 3.32. The first-order valence-electron chi connectivity index (χ1n) is 6.80. The monoisotopic (exact) mass is 250 g/mol. The van der Waals surface area contributed by atoms with E-state index in [9.17, 15) is 5.11 Å². The van der Waals surface area contributed by atoms with Crippen LogP contribution in [-0.2, 0) is 0 Å². The second-order valence-electron chi connectivity index (χ2n) is 5.04. The van der Waals surface area contributed by atoms with Gasteiger partial charge in [-0.1, -0.05) is 25.8 Å². The molecule has 0 saturated heterocycles. The molecule has 1 N–H and O–H groups in total. The van der Waals surface area contributed by atoms with Gasteiger partial charge in [0.1, 0.15) is 18.1 Å². The molecule has 0 bridgehead atoms. The minimum absolute atomic E-state index is 0.379. The van der Waals surface area contributed by atoms with Crippen LogP contribution < -0.4 is 9.47 Å². The Bertz CT molecular complexity index is 370. The zero-order valence-corrected chi connectivity index (χ0v) is 11.0. The van der Waals surface area contributed by atoms with Crippen molar-refractivity contribution in [3.63, 3.8) is 0 Å². The predicted octanol–water partition coefficient (Wildman–Crippen LogP) is 3.16. The molecular formula is C15H22O3. The van der Waals surface area contributed by atoms with Crippen molar-refractivity contribution in [2.45, 2.75) is 44.6 Å². The Hall–Kier alpha value is -1.22. The highest BCUT2D eigenvalue weighted by Crippen LogP contribution is 2.30. The van der Waals surface area contributed by atoms with E-state index in [1.54, 1.807) is 0 Å². The fourth-order valence-corrected chi connectivity index (χ4v) is 2.27. The van der Waals surface area contributed by atoms with Crippen molar-refractivity contribution in [3.8, 4) is 11.5 Å². The molecule has 1 saturated carbocycles. The summed E-state index contributed by atoms with van der Waals surface area (Å²) in [5.74, 6) is 1.59. The standard InChI is InChI=1S/C15H22O3/c1-2-10-17-13-6-5-7-14(11-13)18-12-15(16)8-3-4-9-15/h5-7,11,16H,2-4,8-10,12H2,1H3. The van der Waals surface area contributed by atoms with E-state index in [1.807, 2.05) is 24.3 Å². The molecule has 0 radical (unpaired) electrons. The van der Waals surface area contributed by atoms with Gasteiger partial charge in [0.05, 0.1) is 12.2 Å². The molecule has 3 nitrogen and oxygen atoms in total. The maximum absolute atomic E-state index is 10.2. The van der Waals surface area contributed by atoms with E-state index in [0.717, 1.165) is 43.6 Å². The van der Waals surface area contributed by atoms with Crippen LogP contribution in [0.2, 0.25) is 0 Å². The van der Waals surface area contributed by atoms with Crippen LogP contribution in [0.1, 0.15) is 39.0 Å². The Morgan fingerprint density at radius 1 is 1.17 bits per heavy atom. The van der Waals surface area contributed by atoms with Crippen LogP contribution in [-0.4, -0.2) is 23.9 Å². The highest BCUT2D eigenvalue weighted by molar-refractivity contribution is 5.33. The second-order valence-corrected chi connectivity index (χ2v) is 5.04. The molecule has 2 rings (SSSR count). The molecule has 0 amide bonds. The molecule has 1 aliphatic carbocycles. The van der Waals surface area contributed by atoms with E-state index in [0.29, 0.717) is 13.2 Å². The SMILES string of the molecule is CCCOc1cccc(OCC2(O)CCCC2)c1. The average Bonchev–Trinajstić information content (AvgIpc) is 2.82. The summed E-state index contributed by atoms with van der Waals surface area (Å²) in [6.45, 7) is 3.17. The van der Waals surface area contributed by atoms with Crippen LogP contribution >= 0.6 is 0 Å². The third-order valence-corrected chi connectivity index (χ3v) is 3.32. The third kappa shape index (κ3) is 3.64. The lowest BCUT2D eigenvalue weighted by Gasteiger charge is -2.22. The predicted molar refractivity (Wildman–Crippen MR) is 71.1 cm³/mol. The van der Waals surface area contributed by atoms with Gasteiger partial charge in [-0.3, -0.25) is 0 Å². The first kappa shape index (κ1) is 13.2.